The average Bonchev–Trinajstić information content (AvgIpc) is 2.83. The molecule has 100 valence electrons. The summed E-state index contributed by atoms with van der Waals surface area (Å²) in [5.74, 6) is -0.219. The third-order valence-electron chi connectivity index (χ3n) is 2.83. The standard InChI is InChI=1S/C14H14O5/c1-8(15)6-9-7-11-10(4-5-19-11)13(17-2)12(9)14(16)18-3/h4-5,7H,6H2,1-3H3. The monoisotopic (exact) mass is 262 g/mol. The van der Waals surface area contributed by atoms with Crippen LogP contribution in [0.4, 0.5) is 0 Å². The highest BCUT2D eigenvalue weighted by atomic mass is 16.5. The van der Waals surface area contributed by atoms with E-state index in [0.29, 0.717) is 22.3 Å². The number of furan rings is 1. The summed E-state index contributed by atoms with van der Waals surface area (Å²) in [7, 11) is 2.75. The minimum Gasteiger partial charge on any atom is -0.495 e. The molecule has 0 radical (unpaired) electrons. The Kier molecular flexibility index (Phi) is 3.55. The SMILES string of the molecule is COC(=O)c1c(CC(C)=O)cc2occc2c1OC. The van der Waals surface area contributed by atoms with Crippen LogP contribution in [0.15, 0.2) is 22.8 Å². The van der Waals surface area contributed by atoms with Crippen LogP contribution in [0, 0.1) is 0 Å². The Bertz CT molecular complexity index is 639. The third kappa shape index (κ3) is 2.31. The van der Waals surface area contributed by atoms with Crippen molar-refractivity contribution < 1.29 is 23.5 Å². The molecule has 0 spiro atoms. The fourth-order valence-corrected chi connectivity index (χ4v) is 2.08. The molecule has 1 heterocycles. The first-order chi connectivity index (χ1) is 9.08. The molecule has 1 aromatic heterocycles. The van der Waals surface area contributed by atoms with Gasteiger partial charge in [0.1, 0.15) is 22.7 Å². The second kappa shape index (κ2) is 5.14. The van der Waals surface area contributed by atoms with E-state index in [2.05, 4.69) is 0 Å². The van der Waals surface area contributed by atoms with Crippen LogP contribution in [0.3, 0.4) is 0 Å². The topological polar surface area (TPSA) is 65.7 Å². The van der Waals surface area contributed by atoms with Crippen LogP contribution in [-0.2, 0) is 16.0 Å². The molecule has 0 bridgehead atoms. The van der Waals surface area contributed by atoms with Crippen molar-refractivity contribution >= 4 is 22.7 Å². The Morgan fingerprint density at radius 2 is 2.05 bits per heavy atom. The molecule has 0 atom stereocenters. The molecule has 0 saturated carbocycles. The number of fused-ring (bicyclic) bond motifs is 1. The summed E-state index contributed by atoms with van der Waals surface area (Å²) in [6.45, 7) is 1.46. The van der Waals surface area contributed by atoms with Crippen molar-refractivity contribution in [3.63, 3.8) is 0 Å². The second-order valence-electron chi connectivity index (χ2n) is 4.15. The third-order valence-corrected chi connectivity index (χ3v) is 2.83. The first kappa shape index (κ1) is 13.1. The van der Waals surface area contributed by atoms with Crippen molar-refractivity contribution in [3.05, 3.63) is 29.5 Å². The molecular formula is C14H14O5. The van der Waals surface area contributed by atoms with E-state index in [0.717, 1.165) is 0 Å². The average molecular weight is 262 g/mol. The molecule has 0 fully saturated rings. The number of carbonyl (C=O) groups is 2. The van der Waals surface area contributed by atoms with E-state index in [9.17, 15) is 9.59 Å². The van der Waals surface area contributed by atoms with Gasteiger partial charge in [0.15, 0.2) is 0 Å². The molecule has 0 unspecified atom stereocenters. The van der Waals surface area contributed by atoms with Gasteiger partial charge in [-0.1, -0.05) is 0 Å². The molecule has 0 saturated heterocycles. The number of rotatable bonds is 4. The molecule has 0 aliphatic carbocycles. The van der Waals surface area contributed by atoms with E-state index in [1.54, 1.807) is 12.1 Å². The van der Waals surface area contributed by atoms with E-state index in [-0.39, 0.29) is 17.8 Å². The molecule has 2 rings (SSSR count). The molecule has 5 heteroatoms. The lowest BCUT2D eigenvalue weighted by atomic mass is 9.99. The normalized spacial score (nSPS) is 10.5. The molecule has 5 nitrogen and oxygen atoms in total. The van der Waals surface area contributed by atoms with Gasteiger partial charge in [0.2, 0.25) is 0 Å². The Morgan fingerprint density at radius 1 is 1.32 bits per heavy atom. The molecule has 0 aliphatic rings. The summed E-state index contributed by atoms with van der Waals surface area (Å²) in [6, 6.07) is 3.38. The Labute approximate surface area is 110 Å². The lowest BCUT2D eigenvalue weighted by Crippen LogP contribution is -2.10. The highest BCUT2D eigenvalue weighted by molar-refractivity contribution is 6.02. The van der Waals surface area contributed by atoms with E-state index in [1.165, 1.54) is 27.4 Å². The van der Waals surface area contributed by atoms with Crippen LogP contribution in [0.2, 0.25) is 0 Å². The molecule has 0 N–H and O–H groups in total. The van der Waals surface area contributed by atoms with Gasteiger partial charge in [-0.25, -0.2) is 4.79 Å². The zero-order valence-electron chi connectivity index (χ0n) is 11.0. The molecule has 0 aliphatic heterocycles. The van der Waals surface area contributed by atoms with Gasteiger partial charge in [-0.15, -0.1) is 0 Å². The molecule has 2 aromatic rings. The maximum absolute atomic E-state index is 11.9. The fraction of sp³-hybridized carbons (Fsp3) is 0.286. The largest absolute Gasteiger partial charge is 0.495 e. The maximum Gasteiger partial charge on any atom is 0.341 e. The van der Waals surface area contributed by atoms with Crippen molar-refractivity contribution in [2.45, 2.75) is 13.3 Å². The Hall–Kier alpha value is -2.30. The number of esters is 1. The number of Topliss-reactive ketones (excluding diaryl/α,β-unsaturated/α-hetero) is 1. The van der Waals surface area contributed by atoms with Crippen molar-refractivity contribution in [2.24, 2.45) is 0 Å². The first-order valence-electron chi connectivity index (χ1n) is 5.73. The van der Waals surface area contributed by atoms with Gasteiger partial charge in [-0.2, -0.15) is 0 Å². The minimum absolute atomic E-state index is 0.0573. The number of carbonyl (C=O) groups excluding carboxylic acids is 2. The molecular weight excluding hydrogens is 248 g/mol. The van der Waals surface area contributed by atoms with E-state index >= 15 is 0 Å². The van der Waals surface area contributed by atoms with Gasteiger partial charge in [0.05, 0.1) is 25.9 Å². The van der Waals surface area contributed by atoms with Crippen LogP contribution in [0.5, 0.6) is 5.75 Å². The number of hydrogen-bond acceptors (Lipinski definition) is 5. The summed E-state index contributed by atoms with van der Waals surface area (Å²) >= 11 is 0. The summed E-state index contributed by atoms with van der Waals surface area (Å²) in [6.07, 6.45) is 1.63. The fourth-order valence-electron chi connectivity index (χ4n) is 2.08. The number of methoxy groups -OCH3 is 2. The summed E-state index contributed by atoms with van der Waals surface area (Å²) < 4.78 is 15.4. The van der Waals surface area contributed by atoms with Crippen LogP contribution in [0.25, 0.3) is 11.0 Å². The number of ketones is 1. The Morgan fingerprint density at radius 3 is 2.63 bits per heavy atom. The van der Waals surface area contributed by atoms with Crippen LogP contribution >= 0.6 is 0 Å². The van der Waals surface area contributed by atoms with Gasteiger partial charge < -0.3 is 13.9 Å². The highest BCUT2D eigenvalue weighted by Crippen LogP contribution is 2.34. The number of ether oxygens (including phenoxy) is 2. The zero-order chi connectivity index (χ0) is 14.0. The molecule has 0 amide bonds. The van der Waals surface area contributed by atoms with Gasteiger partial charge in [-0.05, 0) is 24.6 Å². The number of benzene rings is 1. The minimum atomic E-state index is -0.531. The van der Waals surface area contributed by atoms with Crippen LogP contribution < -0.4 is 4.74 Å². The van der Waals surface area contributed by atoms with Crippen molar-refractivity contribution in [3.8, 4) is 5.75 Å². The molecule has 19 heavy (non-hydrogen) atoms. The smallest absolute Gasteiger partial charge is 0.341 e. The second-order valence-corrected chi connectivity index (χ2v) is 4.15. The predicted octanol–water partition coefficient (Wildman–Crippen LogP) is 2.36. The highest BCUT2D eigenvalue weighted by Gasteiger charge is 2.23. The summed E-state index contributed by atoms with van der Waals surface area (Å²) in [5.41, 5.74) is 1.38. The quantitative estimate of drug-likeness (QED) is 0.791. The maximum atomic E-state index is 11.9. The zero-order valence-corrected chi connectivity index (χ0v) is 11.0. The van der Waals surface area contributed by atoms with Gasteiger partial charge in [0, 0.05) is 6.42 Å². The molecule has 1 aromatic carbocycles. The number of hydrogen-bond donors (Lipinski definition) is 0. The van der Waals surface area contributed by atoms with E-state index < -0.39 is 5.97 Å². The predicted molar refractivity (Wildman–Crippen MR) is 68.5 cm³/mol. The van der Waals surface area contributed by atoms with Crippen molar-refractivity contribution in [1.82, 2.24) is 0 Å². The van der Waals surface area contributed by atoms with E-state index in [4.69, 9.17) is 13.9 Å². The summed E-state index contributed by atoms with van der Waals surface area (Å²) in [5, 5.41) is 0.676. The van der Waals surface area contributed by atoms with Gasteiger partial charge in [0.25, 0.3) is 0 Å². The Balaban J connectivity index is 2.75. The van der Waals surface area contributed by atoms with Gasteiger partial charge in [-0.3, -0.25) is 4.79 Å². The lowest BCUT2D eigenvalue weighted by molar-refractivity contribution is -0.116. The lowest BCUT2D eigenvalue weighted by Gasteiger charge is -2.12. The van der Waals surface area contributed by atoms with E-state index in [1.807, 2.05) is 0 Å². The van der Waals surface area contributed by atoms with Gasteiger partial charge >= 0.3 is 5.97 Å². The first-order valence-corrected chi connectivity index (χ1v) is 5.73. The van der Waals surface area contributed by atoms with Crippen LogP contribution in [-0.4, -0.2) is 26.0 Å². The van der Waals surface area contributed by atoms with Crippen LogP contribution in [0.1, 0.15) is 22.8 Å². The summed E-state index contributed by atoms with van der Waals surface area (Å²) in [4.78, 5) is 23.2. The van der Waals surface area contributed by atoms with Crippen molar-refractivity contribution in [2.75, 3.05) is 14.2 Å². The van der Waals surface area contributed by atoms with Crippen molar-refractivity contribution in [1.29, 1.82) is 0 Å².